The number of aromatic nitrogens is 1. The molecule has 1 aromatic carbocycles. The number of carbonyl (C=O) groups excluding carboxylic acids is 2. The van der Waals surface area contributed by atoms with Crippen molar-refractivity contribution in [2.75, 3.05) is 6.54 Å². The summed E-state index contributed by atoms with van der Waals surface area (Å²) in [5.41, 5.74) is 1.74. The minimum Gasteiger partial charge on any atom is -0.350 e. The van der Waals surface area contributed by atoms with E-state index in [4.69, 9.17) is 0 Å². The van der Waals surface area contributed by atoms with E-state index >= 15 is 0 Å². The zero-order valence-electron chi connectivity index (χ0n) is 15.6. The molecule has 0 spiro atoms. The number of rotatable bonds is 6. The molecule has 27 heavy (non-hydrogen) atoms. The van der Waals surface area contributed by atoms with Gasteiger partial charge in [-0.15, -0.1) is 0 Å². The maximum Gasteiger partial charge on any atom is 0.270 e. The molecule has 0 saturated heterocycles. The summed E-state index contributed by atoms with van der Waals surface area (Å²) in [7, 11) is 0. The van der Waals surface area contributed by atoms with Crippen LogP contribution in [0.4, 0.5) is 0 Å². The molecule has 1 aliphatic rings. The Labute approximate surface area is 160 Å². The molecule has 2 amide bonds. The van der Waals surface area contributed by atoms with Crippen molar-refractivity contribution < 1.29 is 9.59 Å². The molecule has 1 aromatic heterocycles. The zero-order valence-corrected chi connectivity index (χ0v) is 15.6. The van der Waals surface area contributed by atoms with E-state index in [1.807, 2.05) is 30.3 Å². The number of benzene rings is 1. The first-order valence-corrected chi connectivity index (χ1v) is 9.82. The van der Waals surface area contributed by atoms with Crippen molar-refractivity contribution in [3.8, 4) is 0 Å². The Morgan fingerprint density at radius 2 is 1.52 bits per heavy atom. The molecule has 2 N–H and O–H groups in total. The molecule has 1 fully saturated rings. The minimum absolute atomic E-state index is 0.194. The van der Waals surface area contributed by atoms with Crippen molar-refractivity contribution in [3.05, 3.63) is 65.5 Å². The average molecular weight is 365 g/mol. The number of pyridine rings is 1. The molecule has 1 heterocycles. The van der Waals surface area contributed by atoms with Gasteiger partial charge in [-0.05, 0) is 37.0 Å². The van der Waals surface area contributed by atoms with Gasteiger partial charge < -0.3 is 10.6 Å². The molecular formula is C22H27N3O2. The quantitative estimate of drug-likeness (QED) is 0.770. The molecule has 5 heteroatoms. The molecule has 0 unspecified atom stereocenters. The molecule has 0 radical (unpaired) electrons. The molecule has 3 rings (SSSR count). The van der Waals surface area contributed by atoms with Crippen LogP contribution >= 0.6 is 0 Å². The van der Waals surface area contributed by atoms with Gasteiger partial charge in [0.2, 0.25) is 0 Å². The third kappa shape index (κ3) is 5.91. The highest BCUT2D eigenvalue weighted by Gasteiger charge is 2.17. The van der Waals surface area contributed by atoms with Crippen LogP contribution < -0.4 is 10.6 Å². The Bertz CT molecular complexity index is 753. The Hall–Kier alpha value is -2.69. The van der Waals surface area contributed by atoms with Crippen LogP contribution in [0.2, 0.25) is 0 Å². The van der Waals surface area contributed by atoms with Gasteiger partial charge in [-0.25, -0.2) is 4.98 Å². The van der Waals surface area contributed by atoms with E-state index in [0.717, 1.165) is 32.1 Å². The predicted octanol–water partition coefficient (Wildman–Crippen LogP) is 3.51. The predicted molar refractivity (Wildman–Crippen MR) is 106 cm³/mol. The van der Waals surface area contributed by atoms with Gasteiger partial charge in [0.05, 0.1) is 0 Å². The lowest BCUT2D eigenvalue weighted by Gasteiger charge is -2.16. The highest BCUT2D eigenvalue weighted by atomic mass is 16.2. The van der Waals surface area contributed by atoms with Crippen LogP contribution in [0, 0.1) is 0 Å². The molecule has 0 atom stereocenters. The van der Waals surface area contributed by atoms with E-state index in [9.17, 15) is 9.59 Å². The van der Waals surface area contributed by atoms with Gasteiger partial charge in [-0.2, -0.15) is 0 Å². The highest BCUT2D eigenvalue weighted by Crippen LogP contribution is 2.17. The SMILES string of the molecule is O=C(NCCc1ccccc1)c1cccc(C(=O)NC2CCCCCC2)n1. The number of amides is 2. The first-order chi connectivity index (χ1) is 13.2. The van der Waals surface area contributed by atoms with Crippen molar-refractivity contribution in [1.29, 1.82) is 0 Å². The minimum atomic E-state index is -0.255. The van der Waals surface area contributed by atoms with Crippen LogP contribution in [0.25, 0.3) is 0 Å². The fourth-order valence-corrected chi connectivity index (χ4v) is 3.43. The van der Waals surface area contributed by atoms with Crippen LogP contribution in [0.5, 0.6) is 0 Å². The molecule has 1 aliphatic carbocycles. The van der Waals surface area contributed by atoms with E-state index in [0.29, 0.717) is 12.2 Å². The molecule has 2 aromatic rings. The van der Waals surface area contributed by atoms with Crippen molar-refractivity contribution in [1.82, 2.24) is 15.6 Å². The van der Waals surface area contributed by atoms with Crippen molar-refractivity contribution >= 4 is 11.8 Å². The fourth-order valence-electron chi connectivity index (χ4n) is 3.43. The average Bonchev–Trinajstić information content (AvgIpc) is 2.97. The molecular weight excluding hydrogens is 338 g/mol. The third-order valence-corrected chi connectivity index (χ3v) is 4.95. The first kappa shape index (κ1) is 19.1. The number of carbonyl (C=O) groups is 2. The number of nitrogens with zero attached hydrogens (tertiary/aromatic N) is 1. The van der Waals surface area contributed by atoms with Crippen LogP contribution in [-0.2, 0) is 6.42 Å². The maximum atomic E-state index is 12.5. The second-order valence-electron chi connectivity index (χ2n) is 7.06. The van der Waals surface area contributed by atoms with E-state index in [2.05, 4.69) is 15.6 Å². The summed E-state index contributed by atoms with van der Waals surface area (Å²) in [6.07, 6.45) is 7.59. The summed E-state index contributed by atoms with van der Waals surface area (Å²) in [6, 6.07) is 15.2. The summed E-state index contributed by atoms with van der Waals surface area (Å²) in [6.45, 7) is 0.531. The van der Waals surface area contributed by atoms with E-state index < -0.39 is 0 Å². The van der Waals surface area contributed by atoms with Crippen molar-refractivity contribution in [2.24, 2.45) is 0 Å². The molecule has 142 valence electrons. The smallest absolute Gasteiger partial charge is 0.270 e. The number of nitrogens with one attached hydrogen (secondary N) is 2. The van der Waals surface area contributed by atoms with Crippen LogP contribution in [0.1, 0.15) is 65.1 Å². The van der Waals surface area contributed by atoms with Crippen molar-refractivity contribution in [2.45, 2.75) is 51.0 Å². The lowest BCUT2D eigenvalue weighted by molar-refractivity contribution is 0.0927. The lowest BCUT2D eigenvalue weighted by Crippen LogP contribution is -2.35. The monoisotopic (exact) mass is 365 g/mol. The van der Waals surface area contributed by atoms with E-state index in [1.54, 1.807) is 18.2 Å². The van der Waals surface area contributed by atoms with Gasteiger partial charge in [0.1, 0.15) is 11.4 Å². The fraction of sp³-hybridized carbons (Fsp3) is 0.409. The molecule has 0 aliphatic heterocycles. The number of hydrogen-bond acceptors (Lipinski definition) is 3. The lowest BCUT2D eigenvalue weighted by atomic mass is 10.1. The molecule has 0 bridgehead atoms. The van der Waals surface area contributed by atoms with Gasteiger partial charge in [-0.3, -0.25) is 9.59 Å². The number of hydrogen-bond donors (Lipinski definition) is 2. The van der Waals surface area contributed by atoms with Crippen LogP contribution in [-0.4, -0.2) is 29.4 Å². The molecule has 5 nitrogen and oxygen atoms in total. The summed E-state index contributed by atoms with van der Waals surface area (Å²) in [5, 5.41) is 5.94. The van der Waals surface area contributed by atoms with Crippen LogP contribution in [0.3, 0.4) is 0 Å². The summed E-state index contributed by atoms with van der Waals surface area (Å²) in [5.74, 6) is -0.448. The topological polar surface area (TPSA) is 71.1 Å². The van der Waals surface area contributed by atoms with E-state index in [1.165, 1.54) is 18.4 Å². The second-order valence-corrected chi connectivity index (χ2v) is 7.06. The first-order valence-electron chi connectivity index (χ1n) is 9.82. The largest absolute Gasteiger partial charge is 0.350 e. The van der Waals surface area contributed by atoms with Crippen molar-refractivity contribution in [3.63, 3.8) is 0 Å². The molecule has 1 saturated carbocycles. The summed E-state index contributed by atoms with van der Waals surface area (Å²) < 4.78 is 0. The third-order valence-electron chi connectivity index (χ3n) is 4.95. The van der Waals surface area contributed by atoms with Crippen LogP contribution in [0.15, 0.2) is 48.5 Å². The van der Waals surface area contributed by atoms with E-state index in [-0.39, 0.29) is 23.6 Å². The van der Waals surface area contributed by atoms with Gasteiger partial charge in [0, 0.05) is 12.6 Å². The highest BCUT2D eigenvalue weighted by molar-refractivity contribution is 5.96. The Morgan fingerprint density at radius 1 is 0.852 bits per heavy atom. The summed E-state index contributed by atoms with van der Waals surface area (Å²) in [4.78, 5) is 29.1. The van der Waals surface area contributed by atoms with Gasteiger partial charge in [-0.1, -0.05) is 62.1 Å². The summed E-state index contributed by atoms with van der Waals surface area (Å²) >= 11 is 0. The normalized spacial score (nSPS) is 15.0. The Kier molecular flexibility index (Phi) is 6.97. The van der Waals surface area contributed by atoms with Gasteiger partial charge >= 0.3 is 0 Å². The van der Waals surface area contributed by atoms with Gasteiger partial charge in [0.25, 0.3) is 11.8 Å². The maximum absolute atomic E-state index is 12.5. The zero-order chi connectivity index (χ0) is 18.9. The second kappa shape index (κ2) is 9.86. The Morgan fingerprint density at radius 3 is 2.22 bits per heavy atom. The van der Waals surface area contributed by atoms with Gasteiger partial charge in [0.15, 0.2) is 0 Å². The Balaban J connectivity index is 1.54. The standard InChI is InChI=1S/C22H27N3O2/c26-21(23-16-15-17-9-4-3-5-10-17)19-13-8-14-20(25-19)22(27)24-18-11-6-1-2-7-12-18/h3-5,8-10,13-14,18H,1-2,6-7,11-12,15-16H2,(H,23,26)(H,24,27).